The molecule has 0 aromatic heterocycles. The number of benzene rings is 6. The van der Waals surface area contributed by atoms with Crippen LogP contribution < -0.4 is 32.3 Å². The quantitative estimate of drug-likeness (QED) is 0.0529. The summed E-state index contributed by atoms with van der Waals surface area (Å²) in [6.07, 6.45) is -6.58. The first-order valence-electron chi connectivity index (χ1n) is 15.4. The molecule has 0 unspecified atom stereocenters. The van der Waals surface area contributed by atoms with Gasteiger partial charge in [-0.1, -0.05) is 95.3 Å². The molecule has 0 bridgehead atoms. The minimum Gasteiger partial charge on any atom is -0.672 e. The van der Waals surface area contributed by atoms with E-state index in [2.05, 4.69) is 0 Å². The van der Waals surface area contributed by atoms with Crippen LogP contribution in [-0.4, -0.2) is 12.3 Å². The molecule has 0 saturated carbocycles. The van der Waals surface area contributed by atoms with E-state index in [-0.39, 0.29) is 5.30 Å². The zero-order chi connectivity index (χ0) is 41.0. The Balaban J connectivity index is 1.82. The molecule has 0 aliphatic heterocycles. The van der Waals surface area contributed by atoms with Crippen molar-refractivity contribution in [1.29, 1.82) is 0 Å². The third-order valence-corrected chi connectivity index (χ3v) is 11.1. The van der Waals surface area contributed by atoms with Crippen molar-refractivity contribution in [2.75, 3.05) is 0 Å². The van der Waals surface area contributed by atoms with E-state index in [1.165, 1.54) is 60.7 Å². The van der Waals surface area contributed by atoms with Crippen molar-refractivity contribution >= 4 is 52.5 Å². The first-order chi connectivity index (χ1) is 26.5. The van der Waals surface area contributed by atoms with Crippen LogP contribution in [0.3, 0.4) is 0 Å². The van der Waals surface area contributed by atoms with Crippen molar-refractivity contribution in [3.8, 4) is 0 Å². The molecule has 6 rings (SSSR count). The van der Waals surface area contributed by atoms with Gasteiger partial charge in [0.2, 0.25) is 0 Å². The third-order valence-electron chi connectivity index (χ3n) is 8.63. The molecule has 0 N–H and O–H groups in total. The van der Waals surface area contributed by atoms with Crippen molar-refractivity contribution < 1.29 is 75.3 Å². The van der Waals surface area contributed by atoms with Crippen LogP contribution in [0.15, 0.2) is 84.9 Å². The summed E-state index contributed by atoms with van der Waals surface area (Å²) >= 11 is 0. The average molecular weight is 817 g/mol. The molecule has 0 fully saturated rings. The number of hydrogen-bond acceptors (Lipinski definition) is 2. The van der Waals surface area contributed by atoms with Gasteiger partial charge in [-0.05, 0) is 29.9 Å². The van der Waals surface area contributed by atoms with Gasteiger partial charge in [-0.3, -0.25) is 4.79 Å². The fourth-order valence-corrected chi connectivity index (χ4v) is 8.63. The maximum absolute atomic E-state index is 16.0. The Morgan fingerprint density at radius 2 is 0.643 bits per heavy atom. The summed E-state index contributed by atoms with van der Waals surface area (Å²) < 4.78 is 234. The van der Waals surface area contributed by atoms with Gasteiger partial charge in [0.25, 0.3) is 12.3 Å². The maximum atomic E-state index is 16.0. The number of carbonyl (C=O) groups excluding carboxylic acids is 1. The summed E-state index contributed by atoms with van der Waals surface area (Å²) in [6, 6.07) is 19.8. The van der Waals surface area contributed by atoms with Gasteiger partial charge in [0.05, 0.1) is 5.56 Å². The van der Waals surface area contributed by atoms with E-state index >= 15 is 26.3 Å². The maximum Gasteiger partial charge on any atom is 0.291 e. The lowest BCUT2D eigenvalue weighted by atomic mass is 9.27. The average Bonchev–Trinajstić information content (AvgIpc) is 3.20. The summed E-state index contributed by atoms with van der Waals surface area (Å²) in [5, 5.41) is 0.622. The van der Waals surface area contributed by atoms with Gasteiger partial charge in [-0.2, -0.15) is 0 Å². The van der Waals surface area contributed by atoms with Crippen LogP contribution >= 0.6 is 7.92 Å². The molecule has 0 saturated heterocycles. The number of carbonyl (C=O) groups is 1. The van der Waals surface area contributed by atoms with E-state index in [0.717, 1.165) is 12.1 Å². The van der Waals surface area contributed by atoms with Crippen LogP contribution in [0.5, 0.6) is 0 Å². The molecule has 0 aliphatic rings. The molecule has 6 aromatic rings. The second kappa shape index (κ2) is 15.1. The van der Waals surface area contributed by atoms with Gasteiger partial charge >= 0.3 is 0 Å². The molecule has 2 nitrogen and oxygen atoms in total. The molecule has 0 spiro atoms. The van der Waals surface area contributed by atoms with E-state index in [0.29, 0.717) is 10.6 Å². The van der Waals surface area contributed by atoms with Crippen molar-refractivity contribution in [3.05, 3.63) is 178 Å². The van der Waals surface area contributed by atoms with Gasteiger partial charge in [0, 0.05) is 0 Å². The lowest BCUT2D eigenvalue weighted by Gasteiger charge is -2.44. The summed E-state index contributed by atoms with van der Waals surface area (Å²) in [5.74, 6) is -50.8. The first kappa shape index (κ1) is 39.9. The minimum atomic E-state index is -6.58. The van der Waals surface area contributed by atoms with E-state index in [1.807, 2.05) is 0 Å². The Bertz CT molecular complexity index is 2260. The van der Waals surface area contributed by atoms with Gasteiger partial charge in [-0.25, -0.2) is 65.9 Å². The zero-order valence-electron chi connectivity index (χ0n) is 27.1. The van der Waals surface area contributed by atoms with Gasteiger partial charge in [0.1, 0.15) is 34.9 Å². The Morgan fingerprint density at radius 3 is 0.964 bits per heavy atom. The zero-order valence-corrected chi connectivity index (χ0v) is 28.0. The molecular formula is C37H14BF15O2P-. The molecule has 19 heteroatoms. The van der Waals surface area contributed by atoms with Gasteiger partial charge < -0.3 is 4.65 Å². The normalized spacial score (nSPS) is 11.7. The van der Waals surface area contributed by atoms with Gasteiger partial charge in [-0.15, -0.1) is 0 Å². The standard InChI is InChI=1S/C37H14BF15O2P/c39-22-19(23(40)29(46)34(51)28(22)45)38(20-24(41)30(47)35(52)31(48)25(20)42,21-26(43)32(49)36(53)33(50)27(21)44)55-37(54)17-13-7-8-14-18(17)56(15-9-3-1-4-10-15)16-11-5-2-6-12-16/h1-14H/q-1. The summed E-state index contributed by atoms with van der Waals surface area (Å²) in [4.78, 5) is 14.4. The minimum absolute atomic E-state index is 0.193. The number of rotatable bonds is 8. The molecule has 0 radical (unpaired) electrons. The van der Waals surface area contributed by atoms with Crippen LogP contribution in [0.4, 0.5) is 65.9 Å². The Morgan fingerprint density at radius 1 is 0.375 bits per heavy atom. The molecule has 288 valence electrons. The second-order valence-electron chi connectivity index (χ2n) is 11.7. The van der Waals surface area contributed by atoms with Crippen LogP contribution in [0.25, 0.3) is 0 Å². The lowest BCUT2D eigenvalue weighted by molar-refractivity contribution is 0.0732. The molecular weight excluding hydrogens is 803 g/mol. The monoisotopic (exact) mass is 817 g/mol. The van der Waals surface area contributed by atoms with Crippen molar-refractivity contribution in [2.24, 2.45) is 0 Å². The SMILES string of the molecule is O=C(O[B-](c1c(F)c(F)c(F)c(F)c1F)(c1c(F)c(F)c(F)c(F)c1F)c1c(F)c(F)c(F)c(F)c1F)c1ccccc1P(c1ccccc1)c1ccccc1. The molecule has 0 aliphatic carbocycles. The lowest BCUT2D eigenvalue weighted by Crippen LogP contribution is -2.75. The van der Waals surface area contributed by atoms with E-state index in [4.69, 9.17) is 4.65 Å². The van der Waals surface area contributed by atoms with Crippen LogP contribution in [-0.2, 0) is 4.65 Å². The fourth-order valence-electron chi connectivity index (χ4n) is 6.19. The van der Waals surface area contributed by atoms with Crippen LogP contribution in [0.2, 0.25) is 0 Å². The molecule has 0 heterocycles. The van der Waals surface area contributed by atoms with E-state index in [1.54, 1.807) is 12.1 Å². The predicted molar refractivity (Wildman–Crippen MR) is 174 cm³/mol. The fraction of sp³-hybridized carbons (Fsp3) is 0. The molecule has 56 heavy (non-hydrogen) atoms. The molecule has 6 aromatic carbocycles. The first-order valence-corrected chi connectivity index (χ1v) is 16.8. The Labute approximate surface area is 305 Å². The Kier molecular flexibility index (Phi) is 10.7. The van der Waals surface area contributed by atoms with Crippen LogP contribution in [0, 0.1) is 87.3 Å². The molecule has 0 atom stereocenters. The summed E-state index contributed by atoms with van der Waals surface area (Å²) in [7, 11) is -2.03. The molecule has 0 amide bonds. The smallest absolute Gasteiger partial charge is 0.291 e. The highest BCUT2D eigenvalue weighted by atomic mass is 31.1. The van der Waals surface area contributed by atoms with Crippen molar-refractivity contribution in [3.63, 3.8) is 0 Å². The Hall–Kier alpha value is -5.77. The van der Waals surface area contributed by atoms with Crippen LogP contribution in [0.1, 0.15) is 10.4 Å². The summed E-state index contributed by atoms with van der Waals surface area (Å²) in [5.41, 5.74) is -10.1. The number of hydrogen-bond donors (Lipinski definition) is 0. The topological polar surface area (TPSA) is 26.3 Å². The van der Waals surface area contributed by atoms with E-state index in [9.17, 15) is 44.3 Å². The highest BCUT2D eigenvalue weighted by Gasteiger charge is 2.51. The summed E-state index contributed by atoms with van der Waals surface area (Å²) in [6.45, 7) is 0. The highest BCUT2D eigenvalue weighted by molar-refractivity contribution is 7.80. The van der Waals surface area contributed by atoms with Crippen molar-refractivity contribution in [2.45, 2.75) is 0 Å². The number of halogens is 15. The predicted octanol–water partition coefficient (Wildman–Crippen LogP) is 7.36. The van der Waals surface area contributed by atoms with E-state index < -0.39 is 129 Å². The third kappa shape index (κ3) is 6.15. The second-order valence-corrected chi connectivity index (χ2v) is 13.9. The largest absolute Gasteiger partial charge is 0.672 e. The van der Waals surface area contributed by atoms with Crippen molar-refractivity contribution in [1.82, 2.24) is 0 Å². The van der Waals surface area contributed by atoms with Gasteiger partial charge in [0.15, 0.2) is 52.4 Å². The highest BCUT2D eigenvalue weighted by Crippen LogP contribution is 2.35.